The number of fused-ring (bicyclic) bond motifs is 1. The summed E-state index contributed by atoms with van der Waals surface area (Å²) < 4.78 is 24.7. The number of anilines is 2. The van der Waals surface area contributed by atoms with Crippen LogP contribution >= 0.6 is 0 Å². The maximum absolute atomic E-state index is 13.6. The van der Waals surface area contributed by atoms with E-state index < -0.39 is 9.84 Å². The molecule has 7 nitrogen and oxygen atoms in total. The monoisotopic (exact) mass is 408 g/mol. The average molecular weight is 408 g/mol. The van der Waals surface area contributed by atoms with Crippen LogP contribution in [-0.4, -0.2) is 35.6 Å². The van der Waals surface area contributed by atoms with Crippen molar-refractivity contribution in [2.45, 2.75) is 24.4 Å². The van der Waals surface area contributed by atoms with Gasteiger partial charge in [0.05, 0.1) is 23.2 Å². The molecule has 148 valence electrons. The largest absolute Gasteiger partial charge is 0.331 e. The topological polar surface area (TPSA) is 83.5 Å². The summed E-state index contributed by atoms with van der Waals surface area (Å²) in [5.41, 5.74) is 2.08. The zero-order chi connectivity index (χ0) is 20.6. The molecule has 3 heterocycles. The highest BCUT2D eigenvalue weighted by Gasteiger charge is 2.37. The van der Waals surface area contributed by atoms with Crippen LogP contribution in [0.1, 0.15) is 24.1 Å². The van der Waals surface area contributed by atoms with Gasteiger partial charge in [0.2, 0.25) is 0 Å². The lowest BCUT2D eigenvalue weighted by atomic mass is 10.1. The molecule has 1 aliphatic rings. The molecule has 0 fully saturated rings. The van der Waals surface area contributed by atoms with Gasteiger partial charge in [-0.15, -0.1) is 0 Å². The fourth-order valence-corrected chi connectivity index (χ4v) is 4.39. The highest BCUT2D eigenvalue weighted by atomic mass is 32.2. The molecule has 29 heavy (non-hydrogen) atoms. The molecule has 0 saturated carbocycles. The van der Waals surface area contributed by atoms with Crippen molar-refractivity contribution in [1.82, 2.24) is 14.9 Å². The molecular weight excluding hydrogens is 388 g/mol. The normalized spacial score (nSPS) is 15.2. The van der Waals surface area contributed by atoms with Gasteiger partial charge in [0.25, 0.3) is 0 Å². The number of sulfone groups is 1. The lowest BCUT2D eigenvalue weighted by Crippen LogP contribution is -2.46. The molecule has 0 spiro atoms. The molecule has 3 aromatic rings. The number of amides is 2. The van der Waals surface area contributed by atoms with Crippen LogP contribution < -0.4 is 4.90 Å². The first kappa shape index (κ1) is 19.1. The number of urea groups is 1. The zero-order valence-corrected chi connectivity index (χ0v) is 16.9. The molecule has 2 amide bonds. The Hall–Kier alpha value is -3.26. The number of hydrogen-bond donors (Lipinski definition) is 0. The SMILES string of the molecule is CC(c1ccncc1)N1Cc2cccnc2N(c2ccccc2S(C)(=O)=O)C1=O. The second-order valence-electron chi connectivity index (χ2n) is 6.93. The number of benzene rings is 1. The van der Waals surface area contributed by atoms with Crippen molar-refractivity contribution in [3.63, 3.8) is 0 Å². The molecule has 1 unspecified atom stereocenters. The van der Waals surface area contributed by atoms with E-state index in [2.05, 4.69) is 9.97 Å². The first-order chi connectivity index (χ1) is 13.9. The zero-order valence-electron chi connectivity index (χ0n) is 16.1. The quantitative estimate of drug-likeness (QED) is 0.657. The van der Waals surface area contributed by atoms with E-state index in [0.717, 1.165) is 17.4 Å². The lowest BCUT2D eigenvalue weighted by Gasteiger charge is -2.39. The van der Waals surface area contributed by atoms with E-state index in [1.54, 1.807) is 41.7 Å². The first-order valence-corrected chi connectivity index (χ1v) is 11.0. The minimum atomic E-state index is -3.55. The van der Waals surface area contributed by atoms with Crippen LogP contribution in [0.2, 0.25) is 0 Å². The van der Waals surface area contributed by atoms with E-state index >= 15 is 0 Å². The third-order valence-corrected chi connectivity index (χ3v) is 6.16. The minimum absolute atomic E-state index is 0.0865. The minimum Gasteiger partial charge on any atom is -0.313 e. The third-order valence-electron chi connectivity index (χ3n) is 5.02. The van der Waals surface area contributed by atoms with E-state index in [9.17, 15) is 13.2 Å². The Labute approximate surface area is 169 Å². The molecule has 0 saturated heterocycles. The first-order valence-electron chi connectivity index (χ1n) is 9.11. The molecule has 0 radical (unpaired) electrons. The Balaban J connectivity index is 1.87. The summed E-state index contributed by atoms with van der Waals surface area (Å²) in [7, 11) is -3.55. The molecule has 4 rings (SSSR count). The van der Waals surface area contributed by atoms with E-state index in [-0.39, 0.29) is 17.0 Å². The number of nitrogens with zero attached hydrogens (tertiary/aromatic N) is 4. The molecule has 1 aliphatic heterocycles. The van der Waals surface area contributed by atoms with Crippen molar-refractivity contribution in [2.75, 3.05) is 11.2 Å². The van der Waals surface area contributed by atoms with Crippen LogP contribution in [-0.2, 0) is 16.4 Å². The van der Waals surface area contributed by atoms with Crippen LogP contribution in [0.25, 0.3) is 0 Å². The summed E-state index contributed by atoms with van der Waals surface area (Å²) in [6, 6.07) is 13.4. The smallest absolute Gasteiger partial charge is 0.313 e. The van der Waals surface area contributed by atoms with Crippen molar-refractivity contribution >= 4 is 27.4 Å². The van der Waals surface area contributed by atoms with Gasteiger partial charge in [-0.2, -0.15) is 0 Å². The molecule has 2 aromatic heterocycles. The summed E-state index contributed by atoms with van der Waals surface area (Å²) in [5.74, 6) is 0.451. The number of para-hydroxylation sites is 1. The van der Waals surface area contributed by atoms with Crippen molar-refractivity contribution in [1.29, 1.82) is 0 Å². The van der Waals surface area contributed by atoms with E-state index in [1.807, 2.05) is 31.2 Å². The Kier molecular flexibility index (Phi) is 4.79. The Bertz CT molecular complexity index is 1170. The predicted octanol–water partition coefficient (Wildman–Crippen LogP) is 3.72. The second kappa shape index (κ2) is 7.29. The molecule has 1 atom stereocenters. The van der Waals surface area contributed by atoms with Gasteiger partial charge in [0.15, 0.2) is 9.84 Å². The van der Waals surface area contributed by atoms with Gasteiger partial charge in [-0.25, -0.2) is 23.1 Å². The molecule has 1 aromatic carbocycles. The van der Waals surface area contributed by atoms with Gasteiger partial charge in [0.1, 0.15) is 5.82 Å². The maximum Gasteiger partial charge on any atom is 0.331 e. The highest BCUT2D eigenvalue weighted by Crippen LogP contribution is 2.39. The van der Waals surface area contributed by atoms with Crippen molar-refractivity contribution < 1.29 is 13.2 Å². The van der Waals surface area contributed by atoms with E-state index in [4.69, 9.17) is 0 Å². The Morgan fingerprint density at radius 1 is 1.00 bits per heavy atom. The third kappa shape index (κ3) is 3.47. The van der Waals surface area contributed by atoms with Gasteiger partial charge in [-0.3, -0.25) is 4.98 Å². The summed E-state index contributed by atoms with van der Waals surface area (Å²) in [5, 5.41) is 0. The van der Waals surface area contributed by atoms with E-state index in [0.29, 0.717) is 18.1 Å². The number of hydrogen-bond acceptors (Lipinski definition) is 5. The van der Waals surface area contributed by atoms with Gasteiger partial charge >= 0.3 is 6.03 Å². The lowest BCUT2D eigenvalue weighted by molar-refractivity contribution is 0.180. The van der Waals surface area contributed by atoms with Gasteiger partial charge in [-0.05, 0) is 42.8 Å². The summed E-state index contributed by atoms with van der Waals surface area (Å²) in [6.45, 7) is 2.32. The van der Waals surface area contributed by atoms with Crippen LogP contribution in [0.4, 0.5) is 16.3 Å². The van der Waals surface area contributed by atoms with Crippen LogP contribution in [0.5, 0.6) is 0 Å². The number of aromatic nitrogens is 2. The molecule has 0 aliphatic carbocycles. The number of carbonyl (C=O) groups excluding carboxylic acids is 1. The molecule has 0 N–H and O–H groups in total. The molecule has 8 heteroatoms. The predicted molar refractivity (Wildman–Crippen MR) is 110 cm³/mol. The Morgan fingerprint density at radius 3 is 2.45 bits per heavy atom. The summed E-state index contributed by atoms with van der Waals surface area (Å²) in [4.78, 5) is 25.2. The second-order valence-corrected chi connectivity index (χ2v) is 8.91. The fraction of sp³-hybridized carbons (Fsp3) is 0.190. The van der Waals surface area contributed by atoms with Crippen molar-refractivity contribution in [3.8, 4) is 0 Å². The average Bonchev–Trinajstić information content (AvgIpc) is 2.73. The van der Waals surface area contributed by atoms with E-state index in [1.165, 1.54) is 11.0 Å². The van der Waals surface area contributed by atoms with Crippen LogP contribution in [0, 0.1) is 0 Å². The van der Waals surface area contributed by atoms with Crippen molar-refractivity contribution in [3.05, 3.63) is 78.2 Å². The van der Waals surface area contributed by atoms with Crippen molar-refractivity contribution in [2.24, 2.45) is 0 Å². The molecular formula is C21H20N4O3S. The van der Waals surface area contributed by atoms with Crippen LogP contribution in [0.15, 0.2) is 72.0 Å². The fourth-order valence-electron chi connectivity index (χ4n) is 3.52. The number of rotatable bonds is 4. The van der Waals surface area contributed by atoms with Crippen LogP contribution in [0.3, 0.4) is 0 Å². The van der Waals surface area contributed by atoms with Gasteiger partial charge < -0.3 is 4.90 Å². The number of carbonyl (C=O) groups is 1. The Morgan fingerprint density at radius 2 is 1.72 bits per heavy atom. The standard InChI is InChI=1S/C21H20N4O3S/c1-15(16-9-12-22-13-10-16)24-14-17-6-5-11-23-20(17)25(21(24)26)18-7-3-4-8-19(18)29(2,27)28/h3-13,15H,14H2,1-2H3. The summed E-state index contributed by atoms with van der Waals surface area (Å²) in [6.07, 6.45) is 6.11. The number of pyridine rings is 2. The van der Waals surface area contributed by atoms with Gasteiger partial charge in [0, 0.05) is 30.4 Å². The summed E-state index contributed by atoms with van der Waals surface area (Å²) >= 11 is 0. The maximum atomic E-state index is 13.6. The highest BCUT2D eigenvalue weighted by molar-refractivity contribution is 7.90. The van der Waals surface area contributed by atoms with Gasteiger partial charge in [-0.1, -0.05) is 18.2 Å². The molecule has 0 bridgehead atoms.